The number of aryl methyl sites for hydroxylation is 1. The number of nitrogens with zero attached hydrogens (tertiary/aromatic N) is 2. The first-order chi connectivity index (χ1) is 13.0. The van der Waals surface area contributed by atoms with Crippen molar-refractivity contribution in [3.8, 4) is 11.4 Å². The maximum Gasteiger partial charge on any atom is 0.227 e. The molecule has 0 aliphatic heterocycles. The third kappa shape index (κ3) is 5.23. The fourth-order valence-electron chi connectivity index (χ4n) is 2.65. The summed E-state index contributed by atoms with van der Waals surface area (Å²) in [6, 6.07) is 14.2. The number of carbonyl (C=O) groups excluding carboxylic acids is 1. The summed E-state index contributed by atoms with van der Waals surface area (Å²) in [6.07, 6.45) is 0.579. The molecule has 0 atom stereocenters. The number of amides is 1. The molecule has 2 aromatic carbocycles. The molecule has 1 heterocycles. The maximum atomic E-state index is 13.1. The zero-order valence-corrected chi connectivity index (χ0v) is 15.4. The Morgan fingerprint density at radius 3 is 2.67 bits per heavy atom. The highest BCUT2D eigenvalue weighted by Crippen LogP contribution is 2.20. The van der Waals surface area contributed by atoms with Crippen molar-refractivity contribution in [2.24, 2.45) is 0 Å². The van der Waals surface area contributed by atoms with Crippen molar-refractivity contribution in [3.63, 3.8) is 0 Å². The standard InChI is InChI=1S/C21H22FN3O2/c1-14(2)16-6-8-17(9-7-16)21-24-20(27-25-21)11-10-19(26)23-13-15-4-3-5-18(22)12-15/h3-9,12,14H,10-11,13H2,1-2H3,(H,23,26). The molecule has 0 saturated carbocycles. The van der Waals surface area contributed by atoms with Crippen LogP contribution in [0.5, 0.6) is 0 Å². The summed E-state index contributed by atoms with van der Waals surface area (Å²) in [5.74, 6) is 0.923. The first kappa shape index (κ1) is 18.8. The van der Waals surface area contributed by atoms with Gasteiger partial charge in [-0.25, -0.2) is 4.39 Å². The molecule has 0 unspecified atom stereocenters. The Labute approximate surface area is 157 Å². The predicted octanol–water partition coefficient (Wildman–Crippen LogP) is 4.25. The minimum absolute atomic E-state index is 0.153. The van der Waals surface area contributed by atoms with Crippen molar-refractivity contribution in [3.05, 3.63) is 71.4 Å². The third-order valence-electron chi connectivity index (χ3n) is 4.25. The largest absolute Gasteiger partial charge is 0.352 e. The van der Waals surface area contributed by atoms with Gasteiger partial charge < -0.3 is 9.84 Å². The molecule has 0 spiro atoms. The van der Waals surface area contributed by atoms with Gasteiger partial charge >= 0.3 is 0 Å². The van der Waals surface area contributed by atoms with Gasteiger partial charge in [0, 0.05) is 24.9 Å². The van der Waals surface area contributed by atoms with E-state index in [0.717, 1.165) is 5.56 Å². The molecule has 5 nitrogen and oxygen atoms in total. The molecular formula is C21H22FN3O2. The van der Waals surface area contributed by atoms with Crippen LogP contribution < -0.4 is 5.32 Å². The van der Waals surface area contributed by atoms with Crippen LogP contribution in [0, 0.1) is 5.82 Å². The van der Waals surface area contributed by atoms with E-state index in [-0.39, 0.29) is 24.7 Å². The number of aromatic nitrogens is 2. The molecular weight excluding hydrogens is 345 g/mol. The monoisotopic (exact) mass is 367 g/mol. The van der Waals surface area contributed by atoms with E-state index in [2.05, 4.69) is 41.4 Å². The number of carbonyl (C=O) groups is 1. The molecule has 0 saturated heterocycles. The molecule has 1 amide bonds. The minimum Gasteiger partial charge on any atom is -0.352 e. The summed E-state index contributed by atoms with van der Waals surface area (Å²) in [5, 5.41) is 6.74. The lowest BCUT2D eigenvalue weighted by molar-refractivity contribution is -0.121. The Balaban J connectivity index is 1.51. The summed E-state index contributed by atoms with van der Waals surface area (Å²) in [4.78, 5) is 16.3. The highest BCUT2D eigenvalue weighted by molar-refractivity contribution is 5.76. The van der Waals surface area contributed by atoms with Crippen LogP contribution in [0.2, 0.25) is 0 Å². The number of benzene rings is 2. The van der Waals surface area contributed by atoms with Gasteiger partial charge in [-0.05, 0) is 29.2 Å². The predicted molar refractivity (Wildman–Crippen MR) is 100 cm³/mol. The van der Waals surface area contributed by atoms with Crippen molar-refractivity contribution in [1.82, 2.24) is 15.5 Å². The van der Waals surface area contributed by atoms with Crippen LogP contribution in [-0.4, -0.2) is 16.0 Å². The van der Waals surface area contributed by atoms with Gasteiger partial charge in [0.2, 0.25) is 17.6 Å². The lowest BCUT2D eigenvalue weighted by Gasteiger charge is -2.04. The summed E-state index contributed by atoms with van der Waals surface area (Å²) >= 11 is 0. The molecule has 3 rings (SSSR count). The van der Waals surface area contributed by atoms with Crippen molar-refractivity contribution in [2.45, 2.75) is 39.2 Å². The second-order valence-electron chi connectivity index (χ2n) is 6.70. The Kier molecular flexibility index (Phi) is 5.96. The highest BCUT2D eigenvalue weighted by Gasteiger charge is 2.11. The second-order valence-corrected chi connectivity index (χ2v) is 6.70. The fraction of sp³-hybridized carbons (Fsp3) is 0.286. The summed E-state index contributed by atoms with van der Waals surface area (Å²) in [6.45, 7) is 4.56. The third-order valence-corrected chi connectivity index (χ3v) is 4.25. The normalized spacial score (nSPS) is 11.0. The van der Waals surface area contributed by atoms with E-state index >= 15 is 0 Å². The van der Waals surface area contributed by atoms with Crippen LogP contribution in [0.25, 0.3) is 11.4 Å². The Morgan fingerprint density at radius 1 is 1.19 bits per heavy atom. The molecule has 6 heteroatoms. The summed E-state index contributed by atoms with van der Waals surface area (Å²) < 4.78 is 18.4. The fourth-order valence-corrected chi connectivity index (χ4v) is 2.65. The van der Waals surface area contributed by atoms with Crippen molar-refractivity contribution in [2.75, 3.05) is 0 Å². The average Bonchev–Trinajstić information content (AvgIpc) is 3.14. The zero-order chi connectivity index (χ0) is 19.2. The van der Waals surface area contributed by atoms with Crippen LogP contribution >= 0.6 is 0 Å². The topological polar surface area (TPSA) is 68.0 Å². The van der Waals surface area contributed by atoms with Gasteiger partial charge in [0.25, 0.3) is 0 Å². The van der Waals surface area contributed by atoms with Crippen molar-refractivity contribution in [1.29, 1.82) is 0 Å². The van der Waals surface area contributed by atoms with Gasteiger partial charge in [0.05, 0.1) is 0 Å². The van der Waals surface area contributed by atoms with E-state index in [1.54, 1.807) is 12.1 Å². The van der Waals surface area contributed by atoms with Crippen LogP contribution in [0.15, 0.2) is 53.1 Å². The van der Waals surface area contributed by atoms with E-state index in [1.165, 1.54) is 17.7 Å². The van der Waals surface area contributed by atoms with Crippen molar-refractivity contribution >= 4 is 5.91 Å². The molecule has 0 radical (unpaired) electrons. The van der Waals surface area contributed by atoms with Gasteiger partial charge in [0.15, 0.2) is 0 Å². The molecule has 27 heavy (non-hydrogen) atoms. The highest BCUT2D eigenvalue weighted by atomic mass is 19.1. The summed E-state index contributed by atoms with van der Waals surface area (Å²) in [5.41, 5.74) is 2.84. The number of nitrogens with one attached hydrogen (secondary N) is 1. The van der Waals surface area contributed by atoms with E-state index in [1.807, 2.05) is 12.1 Å². The van der Waals surface area contributed by atoms with Gasteiger partial charge in [-0.2, -0.15) is 4.98 Å². The quantitative estimate of drug-likeness (QED) is 0.678. The number of hydrogen-bond acceptors (Lipinski definition) is 4. The number of hydrogen-bond donors (Lipinski definition) is 1. The minimum atomic E-state index is -0.318. The van der Waals surface area contributed by atoms with E-state index in [0.29, 0.717) is 29.6 Å². The van der Waals surface area contributed by atoms with Crippen LogP contribution in [0.3, 0.4) is 0 Å². The number of rotatable bonds is 7. The zero-order valence-electron chi connectivity index (χ0n) is 15.4. The number of halogens is 1. The Morgan fingerprint density at radius 2 is 1.96 bits per heavy atom. The SMILES string of the molecule is CC(C)c1ccc(-c2noc(CCC(=O)NCc3cccc(F)c3)n2)cc1. The second kappa shape index (κ2) is 8.58. The molecule has 1 aromatic heterocycles. The molecule has 0 aliphatic rings. The van der Waals surface area contributed by atoms with Gasteiger partial charge in [-0.3, -0.25) is 4.79 Å². The maximum absolute atomic E-state index is 13.1. The first-order valence-corrected chi connectivity index (χ1v) is 8.95. The molecule has 0 bridgehead atoms. The Hall–Kier alpha value is -3.02. The van der Waals surface area contributed by atoms with Gasteiger partial charge in [0.1, 0.15) is 5.82 Å². The lowest BCUT2D eigenvalue weighted by Crippen LogP contribution is -2.23. The molecule has 0 fully saturated rings. The average molecular weight is 367 g/mol. The van der Waals surface area contributed by atoms with Crippen molar-refractivity contribution < 1.29 is 13.7 Å². The summed E-state index contributed by atoms with van der Waals surface area (Å²) in [7, 11) is 0. The molecule has 3 aromatic rings. The molecule has 0 aliphatic carbocycles. The first-order valence-electron chi connectivity index (χ1n) is 8.95. The smallest absolute Gasteiger partial charge is 0.227 e. The van der Waals surface area contributed by atoms with Crippen LogP contribution in [0.4, 0.5) is 4.39 Å². The molecule has 140 valence electrons. The lowest BCUT2D eigenvalue weighted by atomic mass is 10.0. The van der Waals surface area contributed by atoms with Crippen LogP contribution in [-0.2, 0) is 17.8 Å². The van der Waals surface area contributed by atoms with Gasteiger partial charge in [-0.1, -0.05) is 55.4 Å². The van der Waals surface area contributed by atoms with E-state index in [9.17, 15) is 9.18 Å². The van der Waals surface area contributed by atoms with Gasteiger partial charge in [-0.15, -0.1) is 0 Å². The van der Waals surface area contributed by atoms with Crippen LogP contribution in [0.1, 0.15) is 43.2 Å². The van der Waals surface area contributed by atoms with E-state index in [4.69, 9.17) is 4.52 Å². The molecule has 1 N–H and O–H groups in total. The van der Waals surface area contributed by atoms with E-state index < -0.39 is 0 Å². The Bertz CT molecular complexity index is 904.